The number of carbonyl (C=O) groups excluding carboxylic acids is 2. The minimum absolute atomic E-state index is 0.340. The van der Waals surface area contributed by atoms with E-state index in [0.29, 0.717) is 0 Å². The summed E-state index contributed by atoms with van der Waals surface area (Å²) in [6.45, 7) is 6.36. The molecule has 0 aliphatic carbocycles. The molecule has 2 atom stereocenters. The first-order valence-electron chi connectivity index (χ1n) is 3.87. The van der Waals surface area contributed by atoms with E-state index in [0.717, 1.165) is 0 Å². The van der Waals surface area contributed by atoms with Crippen LogP contribution in [-0.2, 0) is 14.3 Å². The highest BCUT2D eigenvalue weighted by atomic mass is 16.5. The SMILES string of the molecule is C=N[C@@H](C)C(=O)N[C@@H](C)C(=O)OC. The van der Waals surface area contributed by atoms with Crippen molar-refractivity contribution >= 4 is 18.6 Å². The quantitative estimate of drug-likeness (QED) is 0.486. The van der Waals surface area contributed by atoms with Crippen molar-refractivity contribution in [1.29, 1.82) is 0 Å². The zero-order valence-corrected chi connectivity index (χ0v) is 8.03. The second kappa shape index (κ2) is 5.29. The van der Waals surface area contributed by atoms with E-state index in [4.69, 9.17) is 0 Å². The first kappa shape index (κ1) is 11.6. The number of amides is 1. The summed E-state index contributed by atoms with van der Waals surface area (Å²) >= 11 is 0. The molecule has 0 bridgehead atoms. The molecular formula is C8H14N2O3. The Morgan fingerprint density at radius 1 is 1.46 bits per heavy atom. The fraction of sp³-hybridized carbons (Fsp3) is 0.625. The second-order valence-corrected chi connectivity index (χ2v) is 2.61. The molecule has 1 amide bonds. The monoisotopic (exact) mass is 186 g/mol. The van der Waals surface area contributed by atoms with Crippen LogP contribution in [0.15, 0.2) is 4.99 Å². The fourth-order valence-corrected chi connectivity index (χ4v) is 0.653. The maximum atomic E-state index is 11.2. The van der Waals surface area contributed by atoms with Crippen molar-refractivity contribution in [1.82, 2.24) is 5.32 Å². The molecule has 74 valence electrons. The van der Waals surface area contributed by atoms with Gasteiger partial charge in [0.05, 0.1) is 7.11 Å². The Bertz CT molecular complexity index is 215. The molecule has 0 unspecified atom stereocenters. The van der Waals surface area contributed by atoms with E-state index in [1.807, 2.05) is 0 Å². The van der Waals surface area contributed by atoms with E-state index >= 15 is 0 Å². The number of hydrogen-bond donors (Lipinski definition) is 1. The molecule has 0 fully saturated rings. The van der Waals surface area contributed by atoms with Crippen LogP contribution in [-0.4, -0.2) is 37.8 Å². The lowest BCUT2D eigenvalue weighted by molar-refractivity contribution is -0.144. The summed E-state index contributed by atoms with van der Waals surface area (Å²) in [5, 5.41) is 2.43. The van der Waals surface area contributed by atoms with E-state index in [1.165, 1.54) is 7.11 Å². The third-order valence-corrected chi connectivity index (χ3v) is 1.57. The van der Waals surface area contributed by atoms with Gasteiger partial charge in [-0.2, -0.15) is 0 Å². The van der Waals surface area contributed by atoms with Crippen molar-refractivity contribution in [3.8, 4) is 0 Å². The van der Waals surface area contributed by atoms with Gasteiger partial charge in [0, 0.05) is 0 Å². The van der Waals surface area contributed by atoms with E-state index < -0.39 is 18.1 Å². The molecule has 0 spiro atoms. The molecule has 0 aromatic heterocycles. The standard InChI is InChI=1S/C8H14N2O3/c1-5(9-3)7(11)10-6(2)8(12)13-4/h5-6H,3H2,1-2,4H3,(H,10,11)/t5-,6-/m0/s1. The van der Waals surface area contributed by atoms with Gasteiger partial charge < -0.3 is 10.1 Å². The van der Waals surface area contributed by atoms with Crippen LogP contribution in [0.2, 0.25) is 0 Å². The predicted molar refractivity (Wildman–Crippen MR) is 48.6 cm³/mol. The first-order valence-corrected chi connectivity index (χ1v) is 3.87. The molecule has 0 saturated heterocycles. The second-order valence-electron chi connectivity index (χ2n) is 2.61. The summed E-state index contributed by atoms with van der Waals surface area (Å²) in [5.74, 6) is -0.822. The molecule has 13 heavy (non-hydrogen) atoms. The molecule has 1 N–H and O–H groups in total. The number of nitrogens with one attached hydrogen (secondary N) is 1. The van der Waals surface area contributed by atoms with Crippen molar-refractivity contribution in [2.75, 3.05) is 7.11 Å². The summed E-state index contributed by atoms with van der Waals surface area (Å²) in [6.07, 6.45) is 0. The Labute approximate surface area is 77.2 Å². The topological polar surface area (TPSA) is 67.8 Å². The zero-order chi connectivity index (χ0) is 10.4. The van der Waals surface area contributed by atoms with Gasteiger partial charge in [0.25, 0.3) is 0 Å². The summed E-state index contributed by atoms with van der Waals surface area (Å²) in [5.41, 5.74) is 0. The van der Waals surface area contributed by atoms with Crippen LogP contribution in [0.4, 0.5) is 0 Å². The van der Waals surface area contributed by atoms with Crippen LogP contribution in [0.5, 0.6) is 0 Å². The van der Waals surface area contributed by atoms with Crippen LogP contribution in [0.1, 0.15) is 13.8 Å². The molecule has 0 aromatic rings. The number of hydrogen-bond acceptors (Lipinski definition) is 4. The number of methoxy groups -OCH3 is 1. The highest BCUT2D eigenvalue weighted by Crippen LogP contribution is 1.91. The molecule has 5 nitrogen and oxygen atoms in total. The molecular weight excluding hydrogens is 172 g/mol. The fourth-order valence-electron chi connectivity index (χ4n) is 0.653. The van der Waals surface area contributed by atoms with Gasteiger partial charge in [0.15, 0.2) is 0 Å². The van der Waals surface area contributed by atoms with Gasteiger partial charge >= 0.3 is 5.97 Å². The van der Waals surface area contributed by atoms with Gasteiger partial charge in [-0.15, -0.1) is 0 Å². The number of carbonyl (C=O) groups is 2. The average Bonchev–Trinajstić information content (AvgIpc) is 2.14. The van der Waals surface area contributed by atoms with E-state index in [2.05, 4.69) is 21.8 Å². The molecule has 0 aliphatic rings. The van der Waals surface area contributed by atoms with Gasteiger partial charge in [-0.05, 0) is 20.6 Å². The number of aliphatic imine (C=N–C) groups is 1. The highest BCUT2D eigenvalue weighted by Gasteiger charge is 2.18. The normalized spacial score (nSPS) is 14.1. The minimum Gasteiger partial charge on any atom is -0.467 e. The van der Waals surface area contributed by atoms with Crippen LogP contribution in [0.25, 0.3) is 0 Å². The maximum absolute atomic E-state index is 11.2. The summed E-state index contributed by atoms with van der Waals surface area (Å²) in [7, 11) is 1.26. The van der Waals surface area contributed by atoms with Gasteiger partial charge in [0.1, 0.15) is 12.1 Å². The van der Waals surface area contributed by atoms with Crippen molar-refractivity contribution < 1.29 is 14.3 Å². The number of esters is 1. The van der Waals surface area contributed by atoms with Gasteiger partial charge in [-0.1, -0.05) is 0 Å². The van der Waals surface area contributed by atoms with Crippen molar-refractivity contribution in [3.63, 3.8) is 0 Å². The number of ether oxygens (including phenoxy) is 1. The van der Waals surface area contributed by atoms with Crippen LogP contribution in [0.3, 0.4) is 0 Å². The highest BCUT2D eigenvalue weighted by molar-refractivity contribution is 5.87. The largest absolute Gasteiger partial charge is 0.467 e. The lowest BCUT2D eigenvalue weighted by atomic mass is 10.3. The summed E-state index contributed by atoms with van der Waals surface area (Å²) in [4.78, 5) is 25.5. The third kappa shape index (κ3) is 3.68. The van der Waals surface area contributed by atoms with Gasteiger partial charge in [0.2, 0.25) is 5.91 Å². The van der Waals surface area contributed by atoms with E-state index in [9.17, 15) is 9.59 Å². The van der Waals surface area contributed by atoms with Crippen molar-refractivity contribution in [3.05, 3.63) is 0 Å². The van der Waals surface area contributed by atoms with Gasteiger partial charge in [-0.3, -0.25) is 9.79 Å². The molecule has 0 heterocycles. The van der Waals surface area contributed by atoms with Crippen molar-refractivity contribution in [2.24, 2.45) is 4.99 Å². The van der Waals surface area contributed by atoms with Crippen molar-refractivity contribution in [2.45, 2.75) is 25.9 Å². The zero-order valence-electron chi connectivity index (χ0n) is 8.03. The van der Waals surface area contributed by atoms with E-state index in [-0.39, 0.29) is 5.91 Å². The first-order chi connectivity index (χ1) is 6.02. The Morgan fingerprint density at radius 2 is 2.00 bits per heavy atom. The molecule has 0 rings (SSSR count). The summed E-state index contributed by atoms with van der Waals surface area (Å²) < 4.78 is 4.43. The molecule has 5 heteroatoms. The van der Waals surface area contributed by atoms with Crippen LogP contribution in [0, 0.1) is 0 Å². The van der Waals surface area contributed by atoms with Crippen LogP contribution < -0.4 is 5.32 Å². The number of nitrogens with zero attached hydrogens (tertiary/aromatic N) is 1. The lowest BCUT2D eigenvalue weighted by Gasteiger charge is -2.12. The predicted octanol–water partition coefficient (Wildman–Crippen LogP) is -0.247. The van der Waals surface area contributed by atoms with Crippen LogP contribution >= 0.6 is 0 Å². The Hall–Kier alpha value is -1.39. The lowest BCUT2D eigenvalue weighted by Crippen LogP contribution is -2.42. The minimum atomic E-state index is -0.651. The molecule has 0 aliphatic heterocycles. The summed E-state index contributed by atoms with van der Waals surface area (Å²) in [6, 6.07) is -1.20. The molecule has 0 radical (unpaired) electrons. The molecule has 0 aromatic carbocycles. The third-order valence-electron chi connectivity index (χ3n) is 1.57. The average molecular weight is 186 g/mol. The Balaban J connectivity index is 4.05. The Kier molecular flexibility index (Phi) is 4.72. The Morgan fingerprint density at radius 3 is 2.38 bits per heavy atom. The maximum Gasteiger partial charge on any atom is 0.328 e. The molecule has 0 saturated carbocycles. The smallest absolute Gasteiger partial charge is 0.328 e. The van der Waals surface area contributed by atoms with E-state index in [1.54, 1.807) is 13.8 Å². The number of rotatable bonds is 4. The van der Waals surface area contributed by atoms with Gasteiger partial charge in [-0.25, -0.2) is 4.79 Å².